The molecule has 5 rings (SSSR count). The Balaban J connectivity index is 0.00000162. The SMILES string of the molecule is CC(C)CP(CC(C)C)C1=Cc2ccccc2[CH]1[Hf+2][CH]1c2ccccc2-c2ccccc21.[Cl-].[Cl-]. The third-order valence-electron chi connectivity index (χ3n) is 6.61. The van der Waals surface area contributed by atoms with Crippen molar-refractivity contribution in [3.63, 3.8) is 0 Å². The van der Waals surface area contributed by atoms with Crippen molar-refractivity contribution in [2.24, 2.45) is 11.8 Å². The normalized spacial score (nSPS) is 15.9. The third kappa shape index (κ3) is 5.49. The van der Waals surface area contributed by atoms with Gasteiger partial charge in [-0.15, -0.1) is 0 Å². The number of hydrogen-bond acceptors (Lipinski definition) is 0. The fourth-order valence-corrected chi connectivity index (χ4v) is 18.0. The van der Waals surface area contributed by atoms with Gasteiger partial charge >= 0.3 is 208 Å². The van der Waals surface area contributed by atoms with Gasteiger partial charge in [0.1, 0.15) is 0 Å². The molecule has 1 unspecified atom stereocenters. The number of benzene rings is 3. The van der Waals surface area contributed by atoms with Gasteiger partial charge in [-0.2, -0.15) is 0 Å². The van der Waals surface area contributed by atoms with Crippen LogP contribution >= 0.6 is 7.92 Å². The van der Waals surface area contributed by atoms with Gasteiger partial charge in [0.25, 0.3) is 0 Å². The van der Waals surface area contributed by atoms with Gasteiger partial charge in [0.15, 0.2) is 0 Å². The number of hydrogen-bond donors (Lipinski definition) is 0. The first-order chi connectivity index (χ1) is 15.5. The van der Waals surface area contributed by atoms with E-state index in [0.717, 1.165) is 15.5 Å². The molecule has 0 nitrogen and oxygen atoms in total. The summed E-state index contributed by atoms with van der Waals surface area (Å²) < 4.78 is 1.41. The Bertz CT molecular complexity index is 1100. The first-order valence-corrected chi connectivity index (χ1v) is 17.9. The molecule has 2 aliphatic rings. The van der Waals surface area contributed by atoms with Crippen molar-refractivity contribution in [3.05, 3.63) is 100 Å². The maximum absolute atomic E-state index is 2.64. The number of fused-ring (bicyclic) bond motifs is 4. The predicted octanol–water partition coefficient (Wildman–Crippen LogP) is 2.74. The van der Waals surface area contributed by atoms with Gasteiger partial charge < -0.3 is 24.8 Å². The predicted molar refractivity (Wildman–Crippen MR) is 137 cm³/mol. The summed E-state index contributed by atoms with van der Waals surface area (Å²) in [5.41, 5.74) is 9.36. The van der Waals surface area contributed by atoms with Crippen LogP contribution in [0.4, 0.5) is 0 Å². The molecule has 34 heavy (non-hydrogen) atoms. The van der Waals surface area contributed by atoms with E-state index in [9.17, 15) is 0 Å². The van der Waals surface area contributed by atoms with Crippen molar-refractivity contribution < 1.29 is 47.7 Å². The molecule has 2 aliphatic carbocycles. The molecule has 0 bridgehead atoms. The molecular weight excluding hydrogens is 641 g/mol. The van der Waals surface area contributed by atoms with Gasteiger partial charge in [0.05, 0.1) is 0 Å². The van der Waals surface area contributed by atoms with Crippen LogP contribution in [0.1, 0.15) is 57.3 Å². The monoisotopic (exact) mass is 674 g/mol. The van der Waals surface area contributed by atoms with E-state index in [-0.39, 0.29) is 32.7 Å². The second-order valence-electron chi connectivity index (χ2n) is 10.1. The van der Waals surface area contributed by atoms with E-state index in [1.165, 1.54) is 29.0 Å². The molecule has 0 heterocycles. The minimum Gasteiger partial charge on any atom is -1.00 e. The molecule has 0 amide bonds. The van der Waals surface area contributed by atoms with Crippen molar-refractivity contribution in [3.8, 4) is 11.1 Å². The summed E-state index contributed by atoms with van der Waals surface area (Å²) in [6.07, 6.45) is 5.40. The number of rotatable bonds is 7. The van der Waals surface area contributed by atoms with Gasteiger partial charge in [-0.25, -0.2) is 0 Å². The summed E-state index contributed by atoms with van der Waals surface area (Å²) in [5.74, 6) is 1.54. The van der Waals surface area contributed by atoms with Crippen molar-refractivity contribution in [2.45, 2.75) is 35.0 Å². The zero-order chi connectivity index (χ0) is 22.2. The molecular formula is C30H33Cl2HfP. The molecule has 176 valence electrons. The molecule has 0 saturated heterocycles. The van der Waals surface area contributed by atoms with E-state index >= 15 is 0 Å². The maximum atomic E-state index is 2.64. The van der Waals surface area contributed by atoms with Gasteiger partial charge in [0, 0.05) is 0 Å². The Morgan fingerprint density at radius 3 is 1.65 bits per heavy atom. The summed E-state index contributed by atoms with van der Waals surface area (Å²) in [6.45, 7) is 9.66. The van der Waals surface area contributed by atoms with Crippen molar-refractivity contribution in [2.75, 3.05) is 12.3 Å². The van der Waals surface area contributed by atoms with Crippen LogP contribution in [0.25, 0.3) is 17.2 Å². The Kier molecular flexibility index (Phi) is 9.84. The molecule has 0 aliphatic heterocycles. The minimum atomic E-state index is -1.14. The molecule has 0 spiro atoms. The smallest absolute Gasteiger partial charge is 1.00 e. The Labute approximate surface area is 231 Å². The van der Waals surface area contributed by atoms with Crippen LogP contribution in [-0.4, -0.2) is 12.3 Å². The first-order valence-electron chi connectivity index (χ1n) is 12.0. The zero-order valence-electron chi connectivity index (χ0n) is 20.4. The van der Waals surface area contributed by atoms with E-state index in [1.807, 2.05) is 5.31 Å². The van der Waals surface area contributed by atoms with Crippen LogP contribution < -0.4 is 24.8 Å². The average Bonchev–Trinajstić information content (AvgIpc) is 3.30. The Morgan fingerprint density at radius 1 is 0.647 bits per heavy atom. The molecule has 3 aromatic rings. The van der Waals surface area contributed by atoms with E-state index in [2.05, 4.69) is 107 Å². The summed E-state index contributed by atoms with van der Waals surface area (Å²) in [6, 6.07) is 27.8. The van der Waals surface area contributed by atoms with E-state index in [1.54, 1.807) is 16.7 Å². The molecule has 0 aromatic heterocycles. The number of halogens is 2. The second kappa shape index (κ2) is 12.0. The molecule has 1 atom stereocenters. The van der Waals surface area contributed by atoms with Crippen LogP contribution in [0.15, 0.2) is 78.1 Å². The van der Waals surface area contributed by atoms with Crippen molar-refractivity contribution in [1.82, 2.24) is 0 Å². The summed E-state index contributed by atoms with van der Waals surface area (Å²) >= 11 is -1.14. The standard InChI is InChI=1S/C17H24P.C13H9.2ClH.Hf/c1-13(2)11-18(12-14(3)4)17-9-15-7-5-6-8-16(15)10-17;1-3-7-12-10(5-1)9-11-6-2-4-8-13(11)12;;;/h5-10,13-14H,11-12H2,1-4H3;1-9H;2*1H;/q;;;;+2/p-2. The van der Waals surface area contributed by atoms with Gasteiger partial charge in [-0.3, -0.25) is 0 Å². The van der Waals surface area contributed by atoms with Crippen LogP contribution in [0, 0.1) is 11.8 Å². The average molecular weight is 674 g/mol. The Hall–Kier alpha value is -0.720. The zero-order valence-corrected chi connectivity index (χ0v) is 26.4. The fraction of sp³-hybridized carbons (Fsp3) is 0.333. The summed E-state index contributed by atoms with van der Waals surface area (Å²) in [4.78, 5) is 0. The van der Waals surface area contributed by atoms with Crippen LogP contribution in [0.2, 0.25) is 0 Å². The minimum absolute atomic E-state index is 0. The van der Waals surface area contributed by atoms with E-state index in [0.29, 0.717) is 3.67 Å². The van der Waals surface area contributed by atoms with E-state index in [4.69, 9.17) is 0 Å². The molecule has 0 saturated carbocycles. The van der Waals surface area contributed by atoms with Crippen molar-refractivity contribution >= 4 is 14.0 Å². The third-order valence-corrected chi connectivity index (χ3v) is 17.8. The first kappa shape index (κ1) is 27.9. The van der Waals surface area contributed by atoms with Gasteiger partial charge in [-0.05, 0) is 0 Å². The van der Waals surface area contributed by atoms with Crippen LogP contribution in [0.3, 0.4) is 0 Å². The Morgan fingerprint density at radius 2 is 1.12 bits per heavy atom. The van der Waals surface area contributed by atoms with Crippen LogP contribution in [0.5, 0.6) is 0 Å². The largest absolute Gasteiger partial charge is 1.00 e. The maximum Gasteiger partial charge on any atom is -1.00 e. The molecule has 4 heteroatoms. The van der Waals surface area contributed by atoms with Gasteiger partial charge in [-0.1, -0.05) is 0 Å². The molecule has 0 radical (unpaired) electrons. The molecule has 3 aromatic carbocycles. The molecule has 0 N–H and O–H groups in total. The molecule has 0 fully saturated rings. The topological polar surface area (TPSA) is 0 Å². The number of allylic oxidation sites excluding steroid dienone is 1. The van der Waals surface area contributed by atoms with Gasteiger partial charge in [0.2, 0.25) is 0 Å². The van der Waals surface area contributed by atoms with Crippen molar-refractivity contribution in [1.29, 1.82) is 0 Å². The summed E-state index contributed by atoms with van der Waals surface area (Å²) in [5, 5.41) is 1.84. The summed E-state index contributed by atoms with van der Waals surface area (Å²) in [7, 11) is -0.0714. The quantitative estimate of drug-likeness (QED) is 0.268. The van der Waals surface area contributed by atoms with E-state index < -0.39 is 22.9 Å². The fourth-order valence-electron chi connectivity index (χ4n) is 5.42. The van der Waals surface area contributed by atoms with Crippen LogP contribution in [-0.2, 0) is 22.9 Å². The second-order valence-corrected chi connectivity index (χ2v) is 17.8.